The molecule has 30 heavy (non-hydrogen) atoms. The normalized spacial score (nSPS) is 11.3. The molecule has 0 radical (unpaired) electrons. The lowest BCUT2D eigenvalue weighted by Gasteiger charge is -2.35. The third kappa shape index (κ3) is 6.24. The monoisotopic (exact) mass is 445 g/mol. The van der Waals surface area contributed by atoms with E-state index in [4.69, 9.17) is 20.8 Å². The van der Waals surface area contributed by atoms with Crippen LogP contribution in [0.5, 0.6) is 5.75 Å². The molecule has 3 aromatic rings. The molecule has 0 N–H and O–H groups in total. The second-order valence-electron chi connectivity index (χ2n) is 7.61. The van der Waals surface area contributed by atoms with Gasteiger partial charge in [0.1, 0.15) is 5.75 Å². The molecule has 1 heterocycles. The Hall–Kier alpha value is -2.51. The molecule has 0 saturated carbocycles. The number of carbonyl (C=O) groups excluding carboxylic acids is 1. The first-order valence-corrected chi connectivity index (χ1v) is 10.9. The molecule has 0 aliphatic carbocycles. The number of ether oxygens (including phenoxy) is 1. The molecule has 158 valence electrons. The highest BCUT2D eigenvalue weighted by Crippen LogP contribution is 2.25. The molecule has 1 aromatic heterocycles. The number of para-hydroxylation sites is 1. The van der Waals surface area contributed by atoms with Crippen LogP contribution in [0.25, 0.3) is 0 Å². The van der Waals surface area contributed by atoms with Crippen molar-refractivity contribution in [1.29, 1.82) is 0 Å². The highest BCUT2D eigenvalue weighted by atomic mass is 35.5. The third-order valence-corrected chi connectivity index (χ3v) is 5.37. The summed E-state index contributed by atoms with van der Waals surface area (Å²) in [6.07, 6.45) is 0. The van der Waals surface area contributed by atoms with Crippen molar-refractivity contribution in [3.63, 3.8) is 0 Å². The predicted molar refractivity (Wildman–Crippen MR) is 118 cm³/mol. The predicted octanol–water partition coefficient (Wildman–Crippen LogP) is 5.22. The molecule has 0 fully saturated rings. The van der Waals surface area contributed by atoms with Gasteiger partial charge in [-0.15, -0.1) is 10.2 Å². The summed E-state index contributed by atoms with van der Waals surface area (Å²) >= 11 is 7.28. The molecule has 1 amide bonds. The minimum atomic E-state index is -0.309. The number of nitrogens with zero attached hydrogens (tertiary/aromatic N) is 3. The van der Waals surface area contributed by atoms with Gasteiger partial charge in [-0.1, -0.05) is 65.8 Å². The van der Waals surface area contributed by atoms with E-state index in [-0.39, 0.29) is 23.8 Å². The Morgan fingerprint density at radius 1 is 1.10 bits per heavy atom. The van der Waals surface area contributed by atoms with E-state index in [9.17, 15) is 4.79 Å². The number of rotatable bonds is 8. The highest BCUT2D eigenvalue weighted by molar-refractivity contribution is 7.99. The third-order valence-electron chi connectivity index (χ3n) is 4.25. The Kier molecular flexibility index (Phi) is 7.39. The smallest absolute Gasteiger partial charge is 0.277 e. The van der Waals surface area contributed by atoms with Gasteiger partial charge < -0.3 is 14.1 Å². The minimum Gasteiger partial charge on any atom is -0.482 e. The highest BCUT2D eigenvalue weighted by Gasteiger charge is 2.27. The quantitative estimate of drug-likeness (QED) is 0.442. The van der Waals surface area contributed by atoms with Crippen molar-refractivity contribution in [1.82, 2.24) is 15.1 Å². The number of thioether (sulfide) groups is 1. The van der Waals surface area contributed by atoms with Gasteiger partial charge in [-0.25, -0.2) is 0 Å². The molecule has 0 bridgehead atoms. The molecule has 0 unspecified atom stereocenters. The maximum atomic E-state index is 12.9. The van der Waals surface area contributed by atoms with Gasteiger partial charge in [-0.05, 0) is 38.5 Å². The summed E-state index contributed by atoms with van der Waals surface area (Å²) in [5.41, 5.74) is 0.776. The molecule has 0 spiro atoms. The lowest BCUT2D eigenvalue weighted by molar-refractivity contribution is -0.133. The summed E-state index contributed by atoms with van der Waals surface area (Å²) in [6, 6.07) is 17.1. The van der Waals surface area contributed by atoms with E-state index in [1.165, 1.54) is 11.8 Å². The van der Waals surface area contributed by atoms with Gasteiger partial charge in [0.15, 0.2) is 6.61 Å². The second kappa shape index (κ2) is 10.00. The van der Waals surface area contributed by atoms with E-state index >= 15 is 0 Å². The van der Waals surface area contributed by atoms with Crippen molar-refractivity contribution < 1.29 is 13.9 Å². The van der Waals surface area contributed by atoms with Crippen LogP contribution in [0.1, 0.15) is 32.2 Å². The van der Waals surface area contributed by atoms with Gasteiger partial charge in [-0.3, -0.25) is 4.79 Å². The zero-order valence-corrected chi connectivity index (χ0v) is 18.7. The zero-order chi connectivity index (χ0) is 21.6. The largest absolute Gasteiger partial charge is 0.482 e. The molecule has 0 aliphatic rings. The fraction of sp³-hybridized carbons (Fsp3) is 0.318. The Morgan fingerprint density at radius 3 is 2.50 bits per heavy atom. The van der Waals surface area contributed by atoms with Crippen LogP contribution in [0.2, 0.25) is 5.02 Å². The van der Waals surface area contributed by atoms with Crippen LogP contribution >= 0.6 is 23.4 Å². The van der Waals surface area contributed by atoms with E-state index in [2.05, 4.69) is 10.2 Å². The average molecular weight is 446 g/mol. The number of benzene rings is 2. The van der Waals surface area contributed by atoms with E-state index in [1.807, 2.05) is 68.1 Å². The molecular weight excluding hydrogens is 422 g/mol. The molecule has 0 saturated heterocycles. The topological polar surface area (TPSA) is 68.5 Å². The van der Waals surface area contributed by atoms with E-state index in [1.54, 1.807) is 12.1 Å². The van der Waals surface area contributed by atoms with Crippen molar-refractivity contribution >= 4 is 29.3 Å². The minimum absolute atomic E-state index is 0.00317. The van der Waals surface area contributed by atoms with Crippen LogP contribution in [-0.2, 0) is 17.9 Å². The van der Waals surface area contributed by atoms with Gasteiger partial charge >= 0.3 is 0 Å². The number of carbonyl (C=O) groups is 1. The maximum absolute atomic E-state index is 12.9. The second-order valence-corrected chi connectivity index (χ2v) is 8.94. The Balaban J connectivity index is 1.56. The molecular formula is C22H24ClN3O3S. The lowest BCUT2D eigenvalue weighted by atomic mass is 10.0. The van der Waals surface area contributed by atoms with Crippen molar-refractivity contribution in [2.75, 3.05) is 5.75 Å². The molecule has 8 heteroatoms. The van der Waals surface area contributed by atoms with Crippen LogP contribution in [0.3, 0.4) is 0 Å². The fourth-order valence-electron chi connectivity index (χ4n) is 2.72. The first-order chi connectivity index (χ1) is 14.3. The SMILES string of the molecule is CC(C)(C)N(Cc1ccccc1)C(=O)CSc1nnc(COc2ccccc2Cl)o1. The first-order valence-electron chi connectivity index (χ1n) is 9.50. The van der Waals surface area contributed by atoms with Gasteiger partial charge in [0.25, 0.3) is 11.1 Å². The number of hydrogen-bond donors (Lipinski definition) is 0. The molecule has 6 nitrogen and oxygen atoms in total. The molecule has 3 rings (SSSR count). The van der Waals surface area contributed by atoms with Crippen molar-refractivity contribution in [2.24, 2.45) is 0 Å². The van der Waals surface area contributed by atoms with Crippen molar-refractivity contribution in [3.05, 3.63) is 71.1 Å². The van der Waals surface area contributed by atoms with Crippen molar-refractivity contribution in [3.8, 4) is 5.75 Å². The van der Waals surface area contributed by atoms with Crippen LogP contribution < -0.4 is 4.74 Å². The van der Waals surface area contributed by atoms with Crippen molar-refractivity contribution in [2.45, 2.75) is 44.7 Å². The maximum Gasteiger partial charge on any atom is 0.277 e. The summed E-state index contributed by atoms with van der Waals surface area (Å²) < 4.78 is 11.2. The zero-order valence-electron chi connectivity index (χ0n) is 17.2. The van der Waals surface area contributed by atoms with Crippen LogP contribution in [0.15, 0.2) is 64.2 Å². The van der Waals surface area contributed by atoms with E-state index in [0.29, 0.717) is 28.4 Å². The summed E-state index contributed by atoms with van der Waals surface area (Å²) in [7, 11) is 0. The van der Waals surface area contributed by atoms with Gasteiger partial charge in [-0.2, -0.15) is 0 Å². The van der Waals surface area contributed by atoms with E-state index in [0.717, 1.165) is 5.56 Å². The molecule has 2 aromatic carbocycles. The van der Waals surface area contributed by atoms with E-state index < -0.39 is 0 Å². The van der Waals surface area contributed by atoms with Gasteiger partial charge in [0.2, 0.25) is 5.91 Å². The van der Waals surface area contributed by atoms with Crippen LogP contribution in [0, 0.1) is 0 Å². The number of halogens is 1. The Labute approximate surface area is 185 Å². The Morgan fingerprint density at radius 2 is 1.80 bits per heavy atom. The number of hydrogen-bond acceptors (Lipinski definition) is 6. The molecule has 0 aliphatic heterocycles. The van der Waals surface area contributed by atoms with Gasteiger partial charge in [0, 0.05) is 12.1 Å². The first kappa shape index (κ1) is 22.2. The summed E-state index contributed by atoms with van der Waals surface area (Å²) in [5.74, 6) is 1.07. The van der Waals surface area contributed by atoms with Gasteiger partial charge in [0.05, 0.1) is 10.8 Å². The van der Waals surface area contributed by atoms with Crippen LogP contribution in [-0.4, -0.2) is 32.3 Å². The summed E-state index contributed by atoms with van der Waals surface area (Å²) in [4.78, 5) is 14.8. The number of aromatic nitrogens is 2. The summed E-state index contributed by atoms with van der Waals surface area (Å²) in [5, 5.41) is 8.80. The lowest BCUT2D eigenvalue weighted by Crippen LogP contribution is -2.45. The number of amides is 1. The molecule has 0 atom stereocenters. The fourth-order valence-corrected chi connectivity index (χ4v) is 3.57. The average Bonchev–Trinajstić information content (AvgIpc) is 3.17. The standard InChI is InChI=1S/C22H24ClN3O3S/c1-22(2,3)26(13-16-9-5-4-6-10-16)20(27)15-30-21-25-24-19(29-21)14-28-18-12-8-7-11-17(18)23/h4-12H,13-15H2,1-3H3. The van der Waals surface area contributed by atoms with Crippen LogP contribution in [0.4, 0.5) is 0 Å². The summed E-state index contributed by atoms with van der Waals surface area (Å²) in [6.45, 7) is 6.72. The Bertz CT molecular complexity index is 973.